The van der Waals surface area contributed by atoms with Crippen LogP contribution in [-0.2, 0) is 14.8 Å². The molecule has 1 heterocycles. The van der Waals surface area contributed by atoms with E-state index in [2.05, 4.69) is 15.9 Å². The summed E-state index contributed by atoms with van der Waals surface area (Å²) in [5, 5.41) is 9.12. The van der Waals surface area contributed by atoms with Crippen molar-refractivity contribution in [3.8, 4) is 17.6 Å². The zero-order valence-electron chi connectivity index (χ0n) is 16.4. The van der Waals surface area contributed by atoms with E-state index in [4.69, 9.17) is 14.7 Å². The van der Waals surface area contributed by atoms with E-state index >= 15 is 0 Å². The highest BCUT2D eigenvalue weighted by Gasteiger charge is 2.33. The number of piperidine rings is 1. The molecule has 3 rings (SSSR count). The van der Waals surface area contributed by atoms with E-state index in [9.17, 15) is 13.2 Å². The third-order valence-electron chi connectivity index (χ3n) is 4.81. The van der Waals surface area contributed by atoms with Crippen LogP contribution in [0.4, 0.5) is 0 Å². The molecule has 1 saturated heterocycles. The fourth-order valence-corrected chi connectivity index (χ4v) is 5.27. The minimum Gasteiger partial charge on any atom is -0.490 e. The summed E-state index contributed by atoms with van der Waals surface area (Å²) in [6.45, 7) is 2.62. The second-order valence-corrected chi connectivity index (χ2v) is 9.53. The van der Waals surface area contributed by atoms with E-state index in [-0.39, 0.29) is 23.7 Å². The predicted octanol–water partition coefficient (Wildman–Crippen LogP) is 3.73. The van der Waals surface area contributed by atoms with Gasteiger partial charge in [0.05, 0.1) is 33.5 Å². The van der Waals surface area contributed by atoms with Crippen molar-refractivity contribution in [1.82, 2.24) is 4.31 Å². The van der Waals surface area contributed by atoms with Crippen molar-refractivity contribution in [2.75, 3.05) is 19.7 Å². The van der Waals surface area contributed by atoms with Crippen LogP contribution in [0.1, 0.15) is 25.3 Å². The lowest BCUT2D eigenvalue weighted by molar-refractivity contribution is -0.140. The third-order valence-corrected chi connectivity index (χ3v) is 7.31. The van der Waals surface area contributed by atoms with Crippen LogP contribution in [0.15, 0.2) is 51.8 Å². The number of hydrogen-bond acceptors (Lipinski definition) is 6. The summed E-state index contributed by atoms with van der Waals surface area (Å²) in [7, 11) is -3.58. The molecule has 30 heavy (non-hydrogen) atoms. The Hall–Kier alpha value is -2.41. The first-order valence-corrected chi connectivity index (χ1v) is 11.7. The number of sulfonamides is 1. The van der Waals surface area contributed by atoms with Crippen molar-refractivity contribution in [1.29, 1.82) is 5.26 Å². The Balaban J connectivity index is 1.69. The summed E-state index contributed by atoms with van der Waals surface area (Å²) in [5.41, 5.74) is 0.379. The molecule has 0 radical (unpaired) electrons. The van der Waals surface area contributed by atoms with Gasteiger partial charge in [-0.1, -0.05) is 18.2 Å². The van der Waals surface area contributed by atoms with Crippen LogP contribution in [0.25, 0.3) is 0 Å². The van der Waals surface area contributed by atoms with Crippen molar-refractivity contribution in [3.63, 3.8) is 0 Å². The lowest BCUT2D eigenvalue weighted by Gasteiger charge is -2.30. The largest absolute Gasteiger partial charge is 0.490 e. The van der Waals surface area contributed by atoms with Crippen LogP contribution in [0, 0.1) is 17.2 Å². The highest BCUT2D eigenvalue weighted by Crippen LogP contribution is 2.38. The highest BCUT2D eigenvalue weighted by molar-refractivity contribution is 9.10. The smallest absolute Gasteiger partial charge is 0.314 e. The molecule has 0 atom stereocenters. The van der Waals surface area contributed by atoms with Gasteiger partial charge in [-0.2, -0.15) is 9.57 Å². The van der Waals surface area contributed by atoms with Gasteiger partial charge >= 0.3 is 5.97 Å². The second kappa shape index (κ2) is 9.60. The highest BCUT2D eigenvalue weighted by atomic mass is 79.9. The summed E-state index contributed by atoms with van der Waals surface area (Å²) in [5.74, 6) is -0.344. The predicted molar refractivity (Wildman–Crippen MR) is 114 cm³/mol. The van der Waals surface area contributed by atoms with Crippen LogP contribution in [0.2, 0.25) is 0 Å². The molecule has 0 saturated carbocycles. The molecule has 0 spiro atoms. The quantitative estimate of drug-likeness (QED) is 0.450. The Morgan fingerprint density at radius 1 is 1.23 bits per heavy atom. The summed E-state index contributed by atoms with van der Waals surface area (Å²) in [6.07, 6.45) is 0.728. The first kappa shape index (κ1) is 22.3. The van der Waals surface area contributed by atoms with E-state index in [1.165, 1.54) is 10.4 Å². The number of esters is 1. The third kappa shape index (κ3) is 4.83. The monoisotopic (exact) mass is 492 g/mol. The second-order valence-electron chi connectivity index (χ2n) is 6.74. The average Bonchev–Trinajstić information content (AvgIpc) is 2.76. The van der Waals surface area contributed by atoms with Crippen molar-refractivity contribution in [2.45, 2.75) is 24.7 Å². The molecule has 158 valence electrons. The van der Waals surface area contributed by atoms with Gasteiger partial charge in [0.1, 0.15) is 0 Å². The Morgan fingerprint density at radius 2 is 1.90 bits per heavy atom. The zero-order valence-corrected chi connectivity index (χ0v) is 18.8. The molecule has 0 aromatic heterocycles. The number of ether oxygens (including phenoxy) is 2. The maximum atomic E-state index is 12.7. The molecule has 0 unspecified atom stereocenters. The van der Waals surface area contributed by atoms with Gasteiger partial charge in [-0.25, -0.2) is 8.42 Å². The molecular formula is C21H21BrN2O5S. The van der Waals surface area contributed by atoms with Gasteiger partial charge in [0.2, 0.25) is 10.0 Å². The van der Waals surface area contributed by atoms with Crippen molar-refractivity contribution in [2.24, 2.45) is 5.92 Å². The molecule has 0 aliphatic carbocycles. The first-order valence-electron chi connectivity index (χ1n) is 9.50. The maximum Gasteiger partial charge on any atom is 0.314 e. The molecule has 0 amide bonds. The minimum atomic E-state index is -3.58. The Bertz CT molecular complexity index is 1060. The summed E-state index contributed by atoms with van der Waals surface area (Å²) in [4.78, 5) is 13.0. The number of hydrogen-bond donors (Lipinski definition) is 0. The molecule has 1 fully saturated rings. The van der Waals surface area contributed by atoms with Crippen LogP contribution in [-0.4, -0.2) is 38.4 Å². The topological polar surface area (TPSA) is 96.7 Å². The van der Waals surface area contributed by atoms with Gasteiger partial charge in [-0.05, 0) is 53.9 Å². The maximum absolute atomic E-state index is 12.7. The van der Waals surface area contributed by atoms with Crippen molar-refractivity contribution >= 4 is 31.9 Å². The van der Waals surface area contributed by atoms with Gasteiger partial charge in [0, 0.05) is 19.2 Å². The molecule has 2 aromatic carbocycles. The zero-order chi connectivity index (χ0) is 21.7. The molecule has 1 aliphatic heterocycles. The van der Waals surface area contributed by atoms with Gasteiger partial charge in [-0.3, -0.25) is 4.79 Å². The van der Waals surface area contributed by atoms with Crippen LogP contribution < -0.4 is 9.47 Å². The number of nitrogens with zero attached hydrogens (tertiary/aromatic N) is 2. The number of carbonyl (C=O) groups is 1. The van der Waals surface area contributed by atoms with Gasteiger partial charge in [0.25, 0.3) is 0 Å². The number of nitriles is 1. The molecule has 7 nitrogen and oxygen atoms in total. The fourth-order valence-electron chi connectivity index (χ4n) is 3.25. The Kier molecular flexibility index (Phi) is 7.13. The van der Waals surface area contributed by atoms with Crippen LogP contribution in [0.5, 0.6) is 11.5 Å². The molecule has 9 heteroatoms. The van der Waals surface area contributed by atoms with E-state index < -0.39 is 21.9 Å². The van der Waals surface area contributed by atoms with Crippen LogP contribution >= 0.6 is 15.9 Å². The van der Waals surface area contributed by atoms with Gasteiger partial charge in [-0.15, -0.1) is 0 Å². The molecule has 0 N–H and O–H groups in total. The van der Waals surface area contributed by atoms with Gasteiger partial charge in [0.15, 0.2) is 11.5 Å². The van der Waals surface area contributed by atoms with Crippen molar-refractivity contribution < 1.29 is 22.7 Å². The normalized spacial score (nSPS) is 15.4. The number of rotatable bonds is 6. The Morgan fingerprint density at radius 3 is 2.50 bits per heavy atom. The van der Waals surface area contributed by atoms with E-state index in [0.717, 1.165) is 0 Å². The summed E-state index contributed by atoms with van der Waals surface area (Å²) >= 11 is 3.33. The molecule has 2 aromatic rings. The number of carbonyl (C=O) groups excluding carboxylic acids is 1. The summed E-state index contributed by atoms with van der Waals surface area (Å²) < 4.78 is 38.4. The average molecular weight is 493 g/mol. The Labute approximate surface area is 184 Å². The molecule has 1 aliphatic rings. The van der Waals surface area contributed by atoms with Gasteiger partial charge < -0.3 is 9.47 Å². The molecular weight excluding hydrogens is 472 g/mol. The lowest BCUT2D eigenvalue weighted by atomic mass is 9.98. The van der Waals surface area contributed by atoms with Crippen LogP contribution in [0.3, 0.4) is 0 Å². The SMILES string of the molecule is CCOc1cc(C#N)cc(Br)c1OC(=O)C1CCN(S(=O)(=O)c2ccccc2)CC1. The minimum absolute atomic E-state index is 0.222. The standard InChI is InChI=1S/C21H21BrN2O5S/c1-2-28-19-13-15(14-23)12-18(22)20(19)29-21(25)16-8-10-24(11-9-16)30(26,27)17-6-4-3-5-7-17/h3-7,12-13,16H,2,8-11H2,1H3. The molecule has 0 bridgehead atoms. The number of halogens is 1. The van der Waals surface area contributed by atoms with E-state index in [0.29, 0.717) is 35.2 Å². The van der Waals surface area contributed by atoms with E-state index in [1.54, 1.807) is 43.3 Å². The summed E-state index contributed by atoms with van der Waals surface area (Å²) in [6, 6.07) is 13.4. The number of benzene rings is 2. The van der Waals surface area contributed by atoms with E-state index in [1.807, 2.05) is 6.07 Å². The van der Waals surface area contributed by atoms with Crippen molar-refractivity contribution in [3.05, 3.63) is 52.5 Å². The lowest BCUT2D eigenvalue weighted by Crippen LogP contribution is -2.41. The fraction of sp³-hybridized carbons (Fsp3) is 0.333. The first-order chi connectivity index (χ1) is 14.4.